The molecular formula is C14H21BrFNO. The zero-order valence-electron chi connectivity index (χ0n) is 11.4. The van der Waals surface area contributed by atoms with Crippen LogP contribution in [0.3, 0.4) is 0 Å². The second kappa shape index (κ2) is 6.64. The van der Waals surface area contributed by atoms with E-state index in [9.17, 15) is 4.39 Å². The van der Waals surface area contributed by atoms with Crippen molar-refractivity contribution in [3.63, 3.8) is 0 Å². The lowest BCUT2D eigenvalue weighted by atomic mass is 9.94. The molecule has 0 amide bonds. The van der Waals surface area contributed by atoms with Gasteiger partial charge in [-0.3, -0.25) is 0 Å². The van der Waals surface area contributed by atoms with Crippen molar-refractivity contribution < 1.29 is 9.13 Å². The average molecular weight is 318 g/mol. The van der Waals surface area contributed by atoms with E-state index in [0.29, 0.717) is 6.42 Å². The number of hydrogen-bond donors (Lipinski definition) is 1. The highest BCUT2D eigenvalue weighted by Crippen LogP contribution is 2.21. The van der Waals surface area contributed by atoms with E-state index in [1.54, 1.807) is 13.2 Å². The number of rotatable bonds is 6. The molecule has 0 saturated heterocycles. The van der Waals surface area contributed by atoms with Crippen molar-refractivity contribution in [2.24, 2.45) is 0 Å². The summed E-state index contributed by atoms with van der Waals surface area (Å²) in [6.45, 7) is 4.07. The van der Waals surface area contributed by atoms with Crippen molar-refractivity contribution in [2.75, 3.05) is 14.2 Å². The fourth-order valence-corrected chi connectivity index (χ4v) is 2.33. The molecule has 0 aromatic heterocycles. The number of methoxy groups -OCH3 is 1. The molecule has 1 rings (SSSR count). The van der Waals surface area contributed by atoms with Gasteiger partial charge in [0.05, 0.1) is 5.60 Å². The molecular weight excluding hydrogens is 297 g/mol. The predicted molar refractivity (Wildman–Crippen MR) is 76.4 cm³/mol. The minimum absolute atomic E-state index is 0.159. The molecule has 1 aromatic rings. The lowest BCUT2D eigenvalue weighted by Gasteiger charge is -2.28. The molecule has 0 spiro atoms. The lowest BCUT2D eigenvalue weighted by molar-refractivity contribution is 0.00766. The highest BCUT2D eigenvalue weighted by Gasteiger charge is 2.22. The first-order valence-electron chi connectivity index (χ1n) is 6.04. The van der Waals surface area contributed by atoms with E-state index in [4.69, 9.17) is 4.74 Å². The molecule has 1 unspecified atom stereocenters. The zero-order chi connectivity index (χ0) is 13.8. The summed E-state index contributed by atoms with van der Waals surface area (Å²) < 4.78 is 20.0. The number of hydrogen-bond acceptors (Lipinski definition) is 2. The fourth-order valence-electron chi connectivity index (χ4n) is 1.92. The average Bonchev–Trinajstić information content (AvgIpc) is 2.32. The minimum Gasteiger partial charge on any atom is -0.379 e. The number of halogens is 2. The van der Waals surface area contributed by atoms with Gasteiger partial charge in [-0.05, 0) is 57.5 Å². The van der Waals surface area contributed by atoms with Gasteiger partial charge < -0.3 is 10.1 Å². The molecule has 4 heteroatoms. The van der Waals surface area contributed by atoms with E-state index in [2.05, 4.69) is 21.2 Å². The van der Waals surface area contributed by atoms with E-state index >= 15 is 0 Å². The first-order chi connectivity index (χ1) is 8.38. The van der Waals surface area contributed by atoms with Gasteiger partial charge in [0.2, 0.25) is 0 Å². The summed E-state index contributed by atoms with van der Waals surface area (Å²) in [7, 11) is 3.60. The van der Waals surface area contributed by atoms with Crippen LogP contribution in [0, 0.1) is 5.82 Å². The Kier molecular flexibility index (Phi) is 5.76. The van der Waals surface area contributed by atoms with Crippen LogP contribution in [0.4, 0.5) is 4.39 Å². The summed E-state index contributed by atoms with van der Waals surface area (Å²) in [5, 5.41) is 3.23. The van der Waals surface area contributed by atoms with Crippen LogP contribution < -0.4 is 5.32 Å². The van der Waals surface area contributed by atoms with Gasteiger partial charge in [0.1, 0.15) is 5.82 Å². The van der Waals surface area contributed by atoms with Crippen molar-refractivity contribution in [2.45, 2.75) is 38.3 Å². The highest BCUT2D eigenvalue weighted by molar-refractivity contribution is 9.10. The molecule has 0 aliphatic carbocycles. The molecule has 0 heterocycles. The van der Waals surface area contributed by atoms with E-state index < -0.39 is 0 Å². The molecule has 18 heavy (non-hydrogen) atoms. The van der Waals surface area contributed by atoms with Crippen LogP contribution in [-0.4, -0.2) is 25.8 Å². The third-order valence-corrected chi connectivity index (χ3v) is 3.67. The quantitative estimate of drug-likeness (QED) is 0.866. The summed E-state index contributed by atoms with van der Waals surface area (Å²) in [6, 6.07) is 5.23. The van der Waals surface area contributed by atoms with Gasteiger partial charge in [-0.25, -0.2) is 4.39 Å². The van der Waals surface area contributed by atoms with Crippen LogP contribution in [0.2, 0.25) is 0 Å². The Hall–Kier alpha value is -0.450. The number of ether oxygens (including phenoxy) is 1. The molecule has 2 nitrogen and oxygen atoms in total. The van der Waals surface area contributed by atoms with Gasteiger partial charge in [0, 0.05) is 17.6 Å². The normalized spacial score (nSPS) is 13.7. The molecule has 0 saturated carbocycles. The molecule has 1 atom stereocenters. The van der Waals surface area contributed by atoms with Crippen molar-refractivity contribution in [1.82, 2.24) is 5.32 Å². The highest BCUT2D eigenvalue weighted by atomic mass is 79.9. The van der Waals surface area contributed by atoms with Gasteiger partial charge in [-0.1, -0.05) is 15.9 Å². The maximum absolute atomic E-state index is 13.7. The molecule has 102 valence electrons. The Morgan fingerprint density at radius 1 is 1.44 bits per heavy atom. The Morgan fingerprint density at radius 2 is 2.11 bits per heavy atom. The van der Waals surface area contributed by atoms with Crippen LogP contribution in [0.1, 0.15) is 25.8 Å². The summed E-state index contributed by atoms with van der Waals surface area (Å²) in [5.41, 5.74) is 0.506. The predicted octanol–water partition coefficient (Wildman–Crippen LogP) is 3.53. The summed E-state index contributed by atoms with van der Waals surface area (Å²) >= 11 is 3.37. The first-order valence-corrected chi connectivity index (χ1v) is 6.83. The zero-order valence-corrected chi connectivity index (χ0v) is 13.0. The maximum atomic E-state index is 13.7. The second-order valence-electron chi connectivity index (χ2n) is 5.09. The molecule has 0 fully saturated rings. The summed E-state index contributed by atoms with van der Waals surface area (Å²) in [6.07, 6.45) is 1.47. The molecule has 0 aliphatic rings. The SMILES string of the molecule is CNC(Cc1cc(Br)ccc1F)CC(C)(C)OC. The van der Waals surface area contributed by atoms with Crippen LogP contribution in [-0.2, 0) is 11.2 Å². The Morgan fingerprint density at radius 3 is 2.67 bits per heavy atom. The number of nitrogens with one attached hydrogen (secondary N) is 1. The van der Waals surface area contributed by atoms with Gasteiger partial charge in [-0.2, -0.15) is 0 Å². The smallest absolute Gasteiger partial charge is 0.126 e. The molecule has 0 bridgehead atoms. The van der Waals surface area contributed by atoms with E-state index in [-0.39, 0.29) is 17.5 Å². The van der Waals surface area contributed by atoms with Crippen molar-refractivity contribution in [1.29, 1.82) is 0 Å². The Labute approximate surface area is 117 Å². The lowest BCUT2D eigenvalue weighted by Crippen LogP contribution is -2.37. The van der Waals surface area contributed by atoms with E-state index in [1.807, 2.05) is 27.0 Å². The van der Waals surface area contributed by atoms with Gasteiger partial charge in [-0.15, -0.1) is 0 Å². The van der Waals surface area contributed by atoms with Crippen LogP contribution in [0.15, 0.2) is 22.7 Å². The second-order valence-corrected chi connectivity index (χ2v) is 6.01. The third-order valence-electron chi connectivity index (χ3n) is 3.17. The topological polar surface area (TPSA) is 21.3 Å². The first kappa shape index (κ1) is 15.6. The van der Waals surface area contributed by atoms with Crippen molar-refractivity contribution in [3.05, 3.63) is 34.1 Å². The van der Waals surface area contributed by atoms with E-state index in [0.717, 1.165) is 16.5 Å². The molecule has 1 aromatic carbocycles. The maximum Gasteiger partial charge on any atom is 0.126 e. The Bertz CT molecular complexity index is 395. The fraction of sp³-hybridized carbons (Fsp3) is 0.571. The number of benzene rings is 1. The molecule has 1 N–H and O–H groups in total. The minimum atomic E-state index is -0.212. The van der Waals surface area contributed by atoms with Crippen LogP contribution >= 0.6 is 15.9 Å². The molecule has 0 radical (unpaired) electrons. The largest absolute Gasteiger partial charge is 0.379 e. The monoisotopic (exact) mass is 317 g/mol. The van der Waals surface area contributed by atoms with Crippen molar-refractivity contribution in [3.8, 4) is 0 Å². The summed E-state index contributed by atoms with van der Waals surface area (Å²) in [4.78, 5) is 0. The van der Waals surface area contributed by atoms with Gasteiger partial charge >= 0.3 is 0 Å². The van der Waals surface area contributed by atoms with Crippen LogP contribution in [0.5, 0.6) is 0 Å². The van der Waals surface area contributed by atoms with E-state index in [1.165, 1.54) is 6.07 Å². The van der Waals surface area contributed by atoms with Crippen LogP contribution in [0.25, 0.3) is 0 Å². The van der Waals surface area contributed by atoms with Gasteiger partial charge in [0.15, 0.2) is 0 Å². The number of likely N-dealkylation sites (N-methyl/N-ethyl adjacent to an activating group) is 1. The van der Waals surface area contributed by atoms with Crippen molar-refractivity contribution >= 4 is 15.9 Å². The Balaban J connectivity index is 2.77. The van der Waals surface area contributed by atoms with Gasteiger partial charge in [0.25, 0.3) is 0 Å². The molecule has 0 aliphatic heterocycles. The third kappa shape index (κ3) is 4.67. The summed E-state index contributed by atoms with van der Waals surface area (Å²) in [5.74, 6) is -0.159. The standard InChI is InChI=1S/C14H21BrFNO/c1-14(2,18-4)9-12(17-3)8-10-7-11(15)5-6-13(10)16/h5-7,12,17H,8-9H2,1-4H3.